The summed E-state index contributed by atoms with van der Waals surface area (Å²) < 4.78 is 38.5. The molecule has 0 atom stereocenters. The lowest BCUT2D eigenvalue weighted by molar-refractivity contribution is -0.385. The maximum absolute atomic E-state index is 12.8. The lowest BCUT2D eigenvalue weighted by atomic mass is 9.95. The van der Waals surface area contributed by atoms with Crippen LogP contribution in [0, 0.1) is 10.1 Å². The highest BCUT2D eigenvalue weighted by atomic mass is 35.5. The SMILES string of the molecule is O=C1Nc2cc(C(F)(F)F)c(Cl)c([N+](=O)[O-])c2C(=NO)C1=O. The van der Waals surface area contributed by atoms with Crippen LogP contribution in [0.3, 0.4) is 0 Å². The molecule has 12 heteroatoms. The average Bonchev–Trinajstić information content (AvgIpc) is 2.38. The first kappa shape index (κ1) is 15.7. The van der Waals surface area contributed by atoms with Crippen LogP contribution >= 0.6 is 11.6 Å². The van der Waals surface area contributed by atoms with Gasteiger partial charge >= 0.3 is 6.18 Å². The molecule has 8 nitrogen and oxygen atoms in total. The topological polar surface area (TPSA) is 122 Å². The van der Waals surface area contributed by atoms with E-state index in [9.17, 15) is 32.9 Å². The number of nitrogens with one attached hydrogen (secondary N) is 1. The number of oxime groups is 1. The van der Waals surface area contributed by atoms with E-state index >= 15 is 0 Å². The second-order valence-corrected chi connectivity index (χ2v) is 4.37. The Bertz CT molecular complexity index is 759. The van der Waals surface area contributed by atoms with Crippen molar-refractivity contribution < 1.29 is 32.9 Å². The number of halogens is 4. The van der Waals surface area contributed by atoms with Crippen LogP contribution in [0.4, 0.5) is 24.5 Å². The van der Waals surface area contributed by atoms with Crippen molar-refractivity contribution >= 4 is 40.4 Å². The number of nitro benzene ring substituents is 1. The third kappa shape index (κ3) is 2.24. The largest absolute Gasteiger partial charge is 0.418 e. The van der Waals surface area contributed by atoms with E-state index in [0.717, 1.165) is 0 Å². The number of carbonyl (C=O) groups is 2. The molecule has 2 N–H and O–H groups in total. The Morgan fingerprint density at radius 2 is 1.95 bits per heavy atom. The number of amides is 1. The molecule has 0 saturated carbocycles. The average molecular weight is 338 g/mol. The lowest BCUT2D eigenvalue weighted by Gasteiger charge is -2.19. The number of rotatable bonds is 1. The van der Waals surface area contributed by atoms with Crippen LogP contribution in [0.15, 0.2) is 11.2 Å². The predicted molar refractivity (Wildman–Crippen MR) is 65.1 cm³/mol. The maximum Gasteiger partial charge on any atom is 0.418 e. The molecule has 22 heavy (non-hydrogen) atoms. The van der Waals surface area contributed by atoms with Gasteiger partial charge in [-0.1, -0.05) is 16.8 Å². The quantitative estimate of drug-likeness (QED) is 0.351. The molecule has 1 aliphatic rings. The molecule has 0 bridgehead atoms. The highest BCUT2D eigenvalue weighted by molar-refractivity contribution is 6.72. The van der Waals surface area contributed by atoms with E-state index in [1.165, 1.54) is 0 Å². The van der Waals surface area contributed by atoms with Crippen LogP contribution in [0.2, 0.25) is 5.02 Å². The van der Waals surface area contributed by atoms with Gasteiger partial charge in [0.2, 0.25) is 0 Å². The van der Waals surface area contributed by atoms with E-state index in [0.29, 0.717) is 6.07 Å². The third-order valence-electron chi connectivity index (χ3n) is 2.73. The van der Waals surface area contributed by atoms with Crippen molar-refractivity contribution in [3.05, 3.63) is 32.3 Å². The Balaban J connectivity index is 2.94. The van der Waals surface area contributed by atoms with Crippen LogP contribution in [-0.2, 0) is 15.8 Å². The minimum Gasteiger partial charge on any atom is -0.410 e. The van der Waals surface area contributed by atoms with E-state index in [2.05, 4.69) is 5.16 Å². The number of ketones is 1. The number of hydrogen-bond acceptors (Lipinski definition) is 6. The molecule has 0 fully saturated rings. The summed E-state index contributed by atoms with van der Waals surface area (Å²) in [4.78, 5) is 32.6. The second-order valence-electron chi connectivity index (χ2n) is 4.00. The molecule has 0 aromatic heterocycles. The predicted octanol–water partition coefficient (Wildman–Crippen LogP) is 1.97. The molecule has 0 aliphatic carbocycles. The summed E-state index contributed by atoms with van der Waals surface area (Å²) in [6.07, 6.45) is -5.04. The number of anilines is 1. The molecule has 1 heterocycles. The smallest absolute Gasteiger partial charge is 0.410 e. The third-order valence-corrected chi connectivity index (χ3v) is 3.12. The van der Waals surface area contributed by atoms with Crippen LogP contribution in [-0.4, -0.2) is 27.5 Å². The Hall–Kier alpha value is -2.69. The van der Waals surface area contributed by atoms with Gasteiger partial charge in [0.1, 0.15) is 10.6 Å². The van der Waals surface area contributed by atoms with Gasteiger partial charge in [-0.25, -0.2) is 0 Å². The summed E-state index contributed by atoms with van der Waals surface area (Å²) >= 11 is 5.41. The molecule has 0 saturated heterocycles. The van der Waals surface area contributed by atoms with Crippen molar-refractivity contribution in [3.8, 4) is 0 Å². The van der Waals surface area contributed by atoms with Crippen molar-refractivity contribution in [2.45, 2.75) is 6.18 Å². The summed E-state index contributed by atoms with van der Waals surface area (Å²) in [5.74, 6) is -2.85. The molecule has 0 radical (unpaired) electrons. The van der Waals surface area contributed by atoms with E-state index in [4.69, 9.17) is 16.8 Å². The number of nitro groups is 1. The van der Waals surface area contributed by atoms with E-state index in [1.54, 1.807) is 5.32 Å². The Morgan fingerprint density at radius 1 is 1.36 bits per heavy atom. The van der Waals surface area contributed by atoms with Crippen LogP contribution in [0.1, 0.15) is 11.1 Å². The molecule has 1 aromatic carbocycles. The molecule has 0 unspecified atom stereocenters. The summed E-state index contributed by atoms with van der Waals surface area (Å²) in [5, 5.41) is 22.7. The van der Waals surface area contributed by atoms with Crippen molar-refractivity contribution in [2.24, 2.45) is 5.16 Å². The normalized spacial score (nSPS) is 16.5. The Labute approximate surface area is 123 Å². The first-order valence-electron chi connectivity index (χ1n) is 5.25. The number of fused-ring (bicyclic) bond motifs is 1. The van der Waals surface area contributed by atoms with Gasteiger partial charge in [0.05, 0.1) is 16.2 Å². The van der Waals surface area contributed by atoms with Gasteiger partial charge in [-0.15, -0.1) is 0 Å². The number of carbonyl (C=O) groups excluding carboxylic acids is 2. The van der Waals surface area contributed by atoms with Gasteiger partial charge in [0, 0.05) is 0 Å². The van der Waals surface area contributed by atoms with Gasteiger partial charge in [0.15, 0.2) is 5.71 Å². The zero-order chi connectivity index (χ0) is 16.8. The molecule has 1 amide bonds. The monoisotopic (exact) mass is 337 g/mol. The zero-order valence-corrected chi connectivity index (χ0v) is 10.8. The summed E-state index contributed by atoms with van der Waals surface area (Å²) in [5.41, 5.74) is -5.45. The number of Topliss-reactive ketones (excluding diaryl/α,β-unsaturated/α-hetero) is 1. The molecule has 2 rings (SSSR count). The highest BCUT2D eigenvalue weighted by Crippen LogP contribution is 2.45. The first-order chi connectivity index (χ1) is 10.1. The highest BCUT2D eigenvalue weighted by Gasteiger charge is 2.44. The van der Waals surface area contributed by atoms with Gasteiger partial charge in [0.25, 0.3) is 17.4 Å². The van der Waals surface area contributed by atoms with Gasteiger partial charge in [-0.2, -0.15) is 13.2 Å². The molecular weight excluding hydrogens is 335 g/mol. The van der Waals surface area contributed by atoms with Gasteiger partial charge in [-0.3, -0.25) is 19.7 Å². The molecule has 116 valence electrons. The minimum absolute atomic E-state index is 0.320. The Kier molecular flexibility index (Phi) is 3.53. The van der Waals surface area contributed by atoms with E-state index in [-0.39, 0.29) is 0 Å². The molecular formula is C10H3ClF3N3O5. The number of benzene rings is 1. The van der Waals surface area contributed by atoms with Crippen molar-refractivity contribution in [2.75, 3.05) is 5.32 Å². The van der Waals surface area contributed by atoms with Crippen LogP contribution in [0.5, 0.6) is 0 Å². The standard InChI is InChI=1S/C10H3ClF3N3O5/c11-5-2(10(12,13)14)1-3-4(7(5)17(21)22)6(16-20)8(18)9(19)15-3/h1,20H,(H,15,19). The molecule has 0 spiro atoms. The second kappa shape index (κ2) is 4.94. The Morgan fingerprint density at radius 3 is 2.41 bits per heavy atom. The number of alkyl halides is 3. The summed E-state index contributed by atoms with van der Waals surface area (Å²) in [7, 11) is 0. The summed E-state index contributed by atoms with van der Waals surface area (Å²) in [6, 6.07) is 0.320. The minimum atomic E-state index is -5.04. The fourth-order valence-electron chi connectivity index (χ4n) is 1.86. The van der Waals surface area contributed by atoms with Gasteiger partial charge < -0.3 is 10.5 Å². The van der Waals surface area contributed by atoms with Crippen molar-refractivity contribution in [1.29, 1.82) is 0 Å². The van der Waals surface area contributed by atoms with Crippen molar-refractivity contribution in [3.63, 3.8) is 0 Å². The molecule has 1 aliphatic heterocycles. The first-order valence-corrected chi connectivity index (χ1v) is 5.63. The lowest BCUT2D eigenvalue weighted by Crippen LogP contribution is -2.37. The van der Waals surface area contributed by atoms with Crippen LogP contribution < -0.4 is 5.32 Å². The molecule has 1 aromatic rings. The van der Waals surface area contributed by atoms with E-state index < -0.39 is 56.0 Å². The fraction of sp³-hybridized carbons (Fsp3) is 0.100. The van der Waals surface area contributed by atoms with E-state index in [1.807, 2.05) is 0 Å². The van der Waals surface area contributed by atoms with Crippen molar-refractivity contribution in [1.82, 2.24) is 0 Å². The zero-order valence-electron chi connectivity index (χ0n) is 10.1. The summed E-state index contributed by atoms with van der Waals surface area (Å²) in [6.45, 7) is 0. The number of nitrogens with zero attached hydrogens (tertiary/aromatic N) is 2. The van der Waals surface area contributed by atoms with Crippen LogP contribution in [0.25, 0.3) is 0 Å². The van der Waals surface area contributed by atoms with Gasteiger partial charge in [-0.05, 0) is 6.07 Å². The maximum atomic E-state index is 12.8. The fourth-order valence-corrected chi connectivity index (χ4v) is 2.18. The number of hydrogen-bond donors (Lipinski definition) is 2.